The Hall–Kier alpha value is -0.220. The van der Waals surface area contributed by atoms with Crippen LogP contribution in [-0.2, 0) is 0 Å². The lowest BCUT2D eigenvalue weighted by atomic mass is 10.1. The van der Waals surface area contributed by atoms with Crippen molar-refractivity contribution in [1.29, 1.82) is 0 Å². The minimum absolute atomic E-state index is 0. The minimum Gasteiger partial charge on any atom is -0.396 e. The van der Waals surface area contributed by atoms with Crippen molar-refractivity contribution >= 4 is 24.2 Å². The molecule has 0 aliphatic rings. The molecular weight excluding hydrogens is 230 g/mol. The van der Waals surface area contributed by atoms with E-state index in [-0.39, 0.29) is 25.1 Å². The fourth-order valence-corrected chi connectivity index (χ4v) is 1.95. The van der Waals surface area contributed by atoms with Gasteiger partial charge in [0.25, 0.3) is 0 Å². The summed E-state index contributed by atoms with van der Waals surface area (Å²) in [5.74, 6) is 1.09. The highest BCUT2D eigenvalue weighted by Gasteiger charge is 2.04. The SMILES string of the molecule is CCSc1ccc(C(N)CCO)cc1.Cl. The van der Waals surface area contributed by atoms with Crippen LogP contribution in [0, 0.1) is 0 Å². The van der Waals surface area contributed by atoms with Crippen molar-refractivity contribution in [2.45, 2.75) is 24.3 Å². The van der Waals surface area contributed by atoms with Crippen LogP contribution < -0.4 is 5.73 Å². The van der Waals surface area contributed by atoms with E-state index >= 15 is 0 Å². The Labute approximate surface area is 102 Å². The summed E-state index contributed by atoms with van der Waals surface area (Å²) < 4.78 is 0. The molecule has 86 valence electrons. The molecule has 1 aromatic rings. The van der Waals surface area contributed by atoms with Crippen LogP contribution in [-0.4, -0.2) is 17.5 Å². The van der Waals surface area contributed by atoms with E-state index in [0.29, 0.717) is 6.42 Å². The number of aliphatic hydroxyl groups excluding tert-OH is 1. The van der Waals surface area contributed by atoms with Crippen molar-refractivity contribution in [2.75, 3.05) is 12.4 Å². The van der Waals surface area contributed by atoms with Gasteiger partial charge in [0.05, 0.1) is 0 Å². The van der Waals surface area contributed by atoms with E-state index in [1.54, 1.807) is 0 Å². The van der Waals surface area contributed by atoms with E-state index in [2.05, 4.69) is 19.1 Å². The highest BCUT2D eigenvalue weighted by atomic mass is 35.5. The summed E-state index contributed by atoms with van der Waals surface area (Å²) in [6.07, 6.45) is 0.625. The van der Waals surface area contributed by atoms with Gasteiger partial charge in [0.15, 0.2) is 0 Å². The first kappa shape index (κ1) is 14.8. The molecule has 0 aliphatic heterocycles. The molecule has 0 saturated carbocycles. The van der Waals surface area contributed by atoms with Gasteiger partial charge < -0.3 is 10.8 Å². The number of benzene rings is 1. The van der Waals surface area contributed by atoms with Crippen LogP contribution >= 0.6 is 24.2 Å². The van der Waals surface area contributed by atoms with Crippen LogP contribution in [0.4, 0.5) is 0 Å². The van der Waals surface area contributed by atoms with Crippen LogP contribution in [0.15, 0.2) is 29.2 Å². The van der Waals surface area contributed by atoms with Crippen molar-refractivity contribution in [2.24, 2.45) is 5.73 Å². The van der Waals surface area contributed by atoms with Gasteiger partial charge in [0.2, 0.25) is 0 Å². The van der Waals surface area contributed by atoms with Crippen LogP contribution in [0.3, 0.4) is 0 Å². The lowest BCUT2D eigenvalue weighted by Crippen LogP contribution is -2.11. The summed E-state index contributed by atoms with van der Waals surface area (Å²) >= 11 is 1.82. The molecule has 0 aromatic heterocycles. The molecular formula is C11H18ClNOS. The monoisotopic (exact) mass is 247 g/mol. The summed E-state index contributed by atoms with van der Waals surface area (Å²) in [6.45, 7) is 2.28. The molecule has 0 radical (unpaired) electrons. The van der Waals surface area contributed by atoms with E-state index in [9.17, 15) is 0 Å². The first-order chi connectivity index (χ1) is 6.77. The molecule has 1 rings (SSSR count). The average molecular weight is 248 g/mol. The van der Waals surface area contributed by atoms with Gasteiger partial charge in [-0.3, -0.25) is 0 Å². The lowest BCUT2D eigenvalue weighted by molar-refractivity contribution is 0.276. The van der Waals surface area contributed by atoms with Crippen LogP contribution in [0.5, 0.6) is 0 Å². The number of thioether (sulfide) groups is 1. The summed E-state index contributed by atoms with van der Waals surface area (Å²) in [7, 11) is 0. The summed E-state index contributed by atoms with van der Waals surface area (Å²) in [6, 6.07) is 8.21. The number of hydrogen-bond acceptors (Lipinski definition) is 3. The zero-order chi connectivity index (χ0) is 10.4. The predicted octanol–water partition coefficient (Wildman–Crippen LogP) is 2.60. The molecule has 2 nitrogen and oxygen atoms in total. The fourth-order valence-electron chi connectivity index (χ4n) is 1.28. The van der Waals surface area contributed by atoms with Gasteiger partial charge in [-0.1, -0.05) is 19.1 Å². The number of halogens is 1. The van der Waals surface area contributed by atoms with Crippen molar-refractivity contribution in [1.82, 2.24) is 0 Å². The molecule has 1 atom stereocenters. The lowest BCUT2D eigenvalue weighted by Gasteiger charge is -2.10. The maximum Gasteiger partial charge on any atom is 0.0449 e. The molecule has 15 heavy (non-hydrogen) atoms. The molecule has 0 amide bonds. The van der Waals surface area contributed by atoms with Gasteiger partial charge in [-0.05, 0) is 29.9 Å². The molecule has 0 fully saturated rings. The normalized spacial score (nSPS) is 11.9. The van der Waals surface area contributed by atoms with Gasteiger partial charge in [-0.25, -0.2) is 0 Å². The Bertz CT molecular complexity index is 266. The van der Waals surface area contributed by atoms with Gasteiger partial charge >= 0.3 is 0 Å². The number of rotatable bonds is 5. The van der Waals surface area contributed by atoms with Gasteiger partial charge in [-0.2, -0.15) is 0 Å². The number of hydrogen-bond donors (Lipinski definition) is 2. The third-order valence-corrected chi connectivity index (χ3v) is 2.95. The second-order valence-corrected chi connectivity index (χ2v) is 4.46. The first-order valence-electron chi connectivity index (χ1n) is 4.87. The van der Waals surface area contributed by atoms with Gasteiger partial charge in [-0.15, -0.1) is 24.2 Å². The summed E-state index contributed by atoms with van der Waals surface area (Å²) in [4.78, 5) is 1.27. The Morgan fingerprint density at radius 1 is 1.33 bits per heavy atom. The van der Waals surface area contributed by atoms with Gasteiger partial charge in [0, 0.05) is 17.5 Å². The maximum atomic E-state index is 8.75. The van der Waals surface area contributed by atoms with Crippen molar-refractivity contribution in [3.8, 4) is 0 Å². The van der Waals surface area contributed by atoms with Crippen LogP contribution in [0.1, 0.15) is 24.9 Å². The summed E-state index contributed by atoms with van der Waals surface area (Å²) in [5, 5.41) is 8.75. The highest BCUT2D eigenvalue weighted by molar-refractivity contribution is 7.99. The average Bonchev–Trinajstić information content (AvgIpc) is 2.20. The van der Waals surface area contributed by atoms with E-state index in [1.807, 2.05) is 23.9 Å². The number of aliphatic hydroxyl groups is 1. The second kappa shape index (κ2) is 7.99. The largest absolute Gasteiger partial charge is 0.396 e. The predicted molar refractivity (Wildman–Crippen MR) is 68.7 cm³/mol. The molecule has 4 heteroatoms. The summed E-state index contributed by atoms with van der Waals surface area (Å²) in [5.41, 5.74) is 6.96. The number of nitrogens with two attached hydrogens (primary N) is 1. The molecule has 0 heterocycles. The molecule has 3 N–H and O–H groups in total. The smallest absolute Gasteiger partial charge is 0.0449 e. The molecule has 0 saturated heterocycles. The van der Waals surface area contributed by atoms with E-state index in [4.69, 9.17) is 10.8 Å². The van der Waals surface area contributed by atoms with Crippen molar-refractivity contribution < 1.29 is 5.11 Å². The van der Waals surface area contributed by atoms with Crippen molar-refractivity contribution in [3.05, 3.63) is 29.8 Å². The highest BCUT2D eigenvalue weighted by Crippen LogP contribution is 2.20. The van der Waals surface area contributed by atoms with Crippen LogP contribution in [0.25, 0.3) is 0 Å². The van der Waals surface area contributed by atoms with Crippen LogP contribution in [0.2, 0.25) is 0 Å². The minimum atomic E-state index is -0.0410. The molecule has 1 aromatic carbocycles. The molecule has 0 aliphatic carbocycles. The molecule has 0 spiro atoms. The van der Waals surface area contributed by atoms with E-state index in [1.165, 1.54) is 4.90 Å². The second-order valence-electron chi connectivity index (χ2n) is 3.12. The first-order valence-corrected chi connectivity index (χ1v) is 5.85. The van der Waals surface area contributed by atoms with E-state index in [0.717, 1.165) is 11.3 Å². The third-order valence-electron chi connectivity index (χ3n) is 2.06. The Balaban J connectivity index is 0.00000196. The Morgan fingerprint density at radius 2 is 1.93 bits per heavy atom. The quantitative estimate of drug-likeness (QED) is 0.787. The fraction of sp³-hybridized carbons (Fsp3) is 0.455. The van der Waals surface area contributed by atoms with E-state index < -0.39 is 0 Å². The Kier molecular flexibility index (Phi) is 7.88. The third kappa shape index (κ3) is 4.89. The maximum absolute atomic E-state index is 8.75. The van der Waals surface area contributed by atoms with Gasteiger partial charge in [0.1, 0.15) is 0 Å². The molecule has 0 bridgehead atoms. The van der Waals surface area contributed by atoms with Crippen molar-refractivity contribution in [3.63, 3.8) is 0 Å². The standard InChI is InChI=1S/C11H17NOS.ClH/c1-2-14-10-5-3-9(4-6-10)11(12)7-8-13;/h3-6,11,13H,2,7-8,12H2,1H3;1H. The topological polar surface area (TPSA) is 46.2 Å². The Morgan fingerprint density at radius 3 is 2.40 bits per heavy atom. The molecule has 1 unspecified atom stereocenters. The zero-order valence-electron chi connectivity index (χ0n) is 8.85. The zero-order valence-corrected chi connectivity index (χ0v) is 10.5.